The van der Waals surface area contributed by atoms with E-state index in [0.29, 0.717) is 33.9 Å². The molecular formula is C24H20ClFN4O3S. The fourth-order valence-corrected chi connectivity index (χ4v) is 6.07. The number of carbonyl (C=O) groups excluding carboxylic acids is 1. The van der Waals surface area contributed by atoms with E-state index in [1.807, 2.05) is 0 Å². The van der Waals surface area contributed by atoms with Crippen molar-refractivity contribution in [3.05, 3.63) is 76.7 Å². The number of nitrogens with zero attached hydrogens (tertiary/aromatic N) is 3. The lowest BCUT2D eigenvalue weighted by atomic mass is 10.0. The molecule has 1 atom stereocenters. The van der Waals surface area contributed by atoms with Crippen molar-refractivity contribution in [2.75, 3.05) is 16.8 Å². The number of benzene rings is 2. The maximum absolute atomic E-state index is 14.6. The molecule has 0 aliphatic carbocycles. The van der Waals surface area contributed by atoms with Crippen LogP contribution >= 0.6 is 11.6 Å². The molecule has 3 heterocycles. The van der Waals surface area contributed by atoms with Crippen molar-refractivity contribution in [3.63, 3.8) is 0 Å². The van der Waals surface area contributed by atoms with Gasteiger partial charge in [0, 0.05) is 16.3 Å². The van der Waals surface area contributed by atoms with Gasteiger partial charge in [0.25, 0.3) is 5.91 Å². The van der Waals surface area contributed by atoms with E-state index in [1.54, 1.807) is 54.1 Å². The van der Waals surface area contributed by atoms with Gasteiger partial charge in [0.1, 0.15) is 5.82 Å². The highest BCUT2D eigenvalue weighted by atomic mass is 35.5. The zero-order chi connectivity index (χ0) is 24.0. The number of aromatic nitrogens is 3. The van der Waals surface area contributed by atoms with Gasteiger partial charge in [-0.05, 0) is 55.8 Å². The number of fused-ring (bicyclic) bond motifs is 1. The monoisotopic (exact) mass is 498 g/mol. The summed E-state index contributed by atoms with van der Waals surface area (Å²) in [6.07, 6.45) is 0.399. The van der Waals surface area contributed by atoms with Crippen molar-refractivity contribution in [2.24, 2.45) is 0 Å². The Balaban J connectivity index is 1.69. The number of amides is 1. The van der Waals surface area contributed by atoms with Gasteiger partial charge in [0.05, 0.1) is 39.9 Å². The summed E-state index contributed by atoms with van der Waals surface area (Å²) in [7, 11) is -3.18. The Morgan fingerprint density at radius 3 is 2.59 bits per heavy atom. The third kappa shape index (κ3) is 4.17. The van der Waals surface area contributed by atoms with Gasteiger partial charge in [0.2, 0.25) is 0 Å². The minimum atomic E-state index is -3.18. The molecule has 10 heteroatoms. The Morgan fingerprint density at radius 1 is 1.18 bits per heavy atom. The maximum Gasteiger partial charge on any atom is 0.256 e. The largest absolute Gasteiger partial charge is 0.322 e. The Hall–Kier alpha value is -3.30. The molecule has 1 aliphatic rings. The van der Waals surface area contributed by atoms with Crippen molar-refractivity contribution in [1.82, 2.24) is 14.8 Å². The molecule has 0 spiro atoms. The summed E-state index contributed by atoms with van der Waals surface area (Å²) in [4.78, 5) is 18.0. The molecule has 0 radical (unpaired) electrons. The van der Waals surface area contributed by atoms with Gasteiger partial charge >= 0.3 is 0 Å². The molecule has 1 unspecified atom stereocenters. The number of anilines is 1. The fourth-order valence-electron chi connectivity index (χ4n) is 4.25. The highest BCUT2D eigenvalue weighted by Gasteiger charge is 2.32. The number of carbonyl (C=O) groups is 1. The van der Waals surface area contributed by atoms with Crippen molar-refractivity contribution < 1.29 is 17.6 Å². The van der Waals surface area contributed by atoms with Crippen molar-refractivity contribution >= 4 is 44.1 Å². The van der Waals surface area contributed by atoms with Crippen LogP contribution in [-0.2, 0) is 9.84 Å². The first kappa shape index (κ1) is 22.5. The standard InChI is InChI=1S/C24H20ClFN4O3S/c1-14-22-19(24(31)27-16-8-6-15(25)7-9-16)12-21(18-4-2-3-5-20(18)26)28-23(22)30(29-14)17-10-11-34(32,33)13-17/h2-9,12,17H,10-11,13H2,1H3,(H,27,31). The van der Waals surface area contributed by atoms with E-state index >= 15 is 0 Å². The predicted octanol–water partition coefficient (Wildman–Crippen LogP) is 4.81. The molecule has 4 aromatic rings. The lowest BCUT2D eigenvalue weighted by Gasteiger charge is -2.13. The number of hydrogen-bond donors (Lipinski definition) is 1. The Morgan fingerprint density at radius 2 is 1.91 bits per heavy atom. The van der Waals surface area contributed by atoms with E-state index in [9.17, 15) is 17.6 Å². The van der Waals surface area contributed by atoms with Gasteiger partial charge in [0.15, 0.2) is 15.5 Å². The van der Waals surface area contributed by atoms with E-state index in [4.69, 9.17) is 11.6 Å². The summed E-state index contributed by atoms with van der Waals surface area (Å²) in [6.45, 7) is 1.74. The number of sulfone groups is 1. The van der Waals surface area contributed by atoms with Crippen LogP contribution in [0.15, 0.2) is 54.6 Å². The van der Waals surface area contributed by atoms with Crippen LogP contribution in [0.3, 0.4) is 0 Å². The molecular weight excluding hydrogens is 479 g/mol. The van der Waals surface area contributed by atoms with Crippen molar-refractivity contribution in [1.29, 1.82) is 0 Å². The molecule has 5 rings (SSSR count). The Labute approximate surface area is 200 Å². The van der Waals surface area contributed by atoms with E-state index < -0.39 is 27.6 Å². The lowest BCUT2D eigenvalue weighted by molar-refractivity contribution is 0.102. The maximum atomic E-state index is 14.6. The number of nitrogens with one attached hydrogen (secondary N) is 1. The quantitative estimate of drug-likeness (QED) is 0.435. The van der Waals surface area contributed by atoms with Crippen molar-refractivity contribution in [2.45, 2.75) is 19.4 Å². The summed E-state index contributed by atoms with van der Waals surface area (Å²) in [5.74, 6) is -0.894. The third-order valence-corrected chi connectivity index (χ3v) is 7.89. The lowest BCUT2D eigenvalue weighted by Crippen LogP contribution is -2.15. The predicted molar refractivity (Wildman–Crippen MR) is 129 cm³/mol. The Bertz CT molecular complexity index is 1530. The second kappa shape index (κ2) is 8.48. The van der Waals surface area contributed by atoms with Crippen LogP contribution in [0, 0.1) is 12.7 Å². The van der Waals surface area contributed by atoms with E-state index in [1.165, 1.54) is 12.1 Å². The fraction of sp³-hybridized carbons (Fsp3) is 0.208. The molecule has 34 heavy (non-hydrogen) atoms. The van der Waals surface area contributed by atoms with Gasteiger partial charge in [-0.25, -0.2) is 22.5 Å². The number of hydrogen-bond acceptors (Lipinski definition) is 5. The zero-order valence-corrected chi connectivity index (χ0v) is 19.7. The second-order valence-electron chi connectivity index (χ2n) is 8.28. The first-order valence-corrected chi connectivity index (χ1v) is 12.8. The molecule has 1 saturated heterocycles. The number of aryl methyl sites for hydroxylation is 1. The third-order valence-electron chi connectivity index (χ3n) is 5.89. The Kier molecular flexibility index (Phi) is 5.61. The minimum absolute atomic E-state index is 0.0544. The van der Waals surface area contributed by atoms with Crippen LogP contribution in [0.1, 0.15) is 28.5 Å². The van der Waals surface area contributed by atoms with Crippen LogP contribution < -0.4 is 5.32 Å². The molecule has 1 aliphatic heterocycles. The smallest absolute Gasteiger partial charge is 0.256 e. The molecule has 0 saturated carbocycles. The highest BCUT2D eigenvalue weighted by Crippen LogP contribution is 2.33. The molecule has 1 fully saturated rings. The molecule has 2 aromatic heterocycles. The molecule has 7 nitrogen and oxygen atoms in total. The molecule has 2 aromatic carbocycles. The topological polar surface area (TPSA) is 93.9 Å². The van der Waals surface area contributed by atoms with Crippen molar-refractivity contribution in [3.8, 4) is 11.3 Å². The van der Waals surface area contributed by atoms with Crippen LogP contribution in [0.5, 0.6) is 0 Å². The van der Waals surface area contributed by atoms with Crippen LogP contribution in [0.2, 0.25) is 5.02 Å². The SMILES string of the molecule is Cc1nn(C2CCS(=O)(=O)C2)c2nc(-c3ccccc3F)cc(C(=O)Nc3ccc(Cl)cc3)c12. The summed E-state index contributed by atoms with van der Waals surface area (Å²) in [5.41, 5.74) is 2.18. The normalized spacial score (nSPS) is 17.2. The van der Waals surface area contributed by atoms with E-state index in [2.05, 4.69) is 15.4 Å². The van der Waals surface area contributed by atoms with E-state index in [-0.39, 0.29) is 28.3 Å². The average Bonchev–Trinajstić information content (AvgIpc) is 3.33. The molecule has 1 N–H and O–H groups in total. The number of rotatable bonds is 4. The summed E-state index contributed by atoms with van der Waals surface area (Å²) < 4.78 is 40.4. The minimum Gasteiger partial charge on any atom is -0.322 e. The van der Waals surface area contributed by atoms with Crippen LogP contribution in [0.4, 0.5) is 10.1 Å². The summed E-state index contributed by atoms with van der Waals surface area (Å²) in [5, 5.41) is 8.43. The van der Waals surface area contributed by atoms with Gasteiger partial charge in [-0.1, -0.05) is 23.7 Å². The number of halogens is 2. The number of pyridine rings is 1. The van der Waals surface area contributed by atoms with E-state index in [0.717, 1.165) is 0 Å². The highest BCUT2D eigenvalue weighted by molar-refractivity contribution is 7.91. The first-order chi connectivity index (χ1) is 16.2. The zero-order valence-electron chi connectivity index (χ0n) is 18.1. The van der Waals surface area contributed by atoms with Crippen LogP contribution in [-0.4, -0.2) is 40.6 Å². The van der Waals surface area contributed by atoms with Crippen LogP contribution in [0.25, 0.3) is 22.3 Å². The molecule has 1 amide bonds. The summed E-state index contributed by atoms with van der Waals surface area (Å²) >= 11 is 5.94. The van der Waals surface area contributed by atoms with Gasteiger partial charge in [-0.2, -0.15) is 5.10 Å². The molecule has 174 valence electrons. The molecule has 0 bridgehead atoms. The summed E-state index contributed by atoms with van der Waals surface area (Å²) in [6, 6.07) is 14.0. The van der Waals surface area contributed by atoms with Gasteiger partial charge < -0.3 is 5.32 Å². The first-order valence-electron chi connectivity index (χ1n) is 10.6. The second-order valence-corrected chi connectivity index (χ2v) is 10.9. The van der Waals surface area contributed by atoms with Gasteiger partial charge in [-0.15, -0.1) is 0 Å². The van der Waals surface area contributed by atoms with Gasteiger partial charge in [-0.3, -0.25) is 4.79 Å². The average molecular weight is 499 g/mol.